The van der Waals surface area contributed by atoms with E-state index in [4.69, 9.17) is 4.74 Å². The summed E-state index contributed by atoms with van der Waals surface area (Å²) in [4.78, 5) is 2.70. The summed E-state index contributed by atoms with van der Waals surface area (Å²) in [5.41, 5.74) is 0.532. The normalized spacial score (nSPS) is 33.3. The summed E-state index contributed by atoms with van der Waals surface area (Å²) in [6.07, 6.45) is 7.31. The predicted molar refractivity (Wildman–Crippen MR) is 85.1 cm³/mol. The van der Waals surface area contributed by atoms with Crippen molar-refractivity contribution >= 4 is 0 Å². The van der Waals surface area contributed by atoms with Crippen LogP contribution in [0.15, 0.2) is 0 Å². The predicted octanol–water partition coefficient (Wildman–Crippen LogP) is 2.90. The van der Waals surface area contributed by atoms with Crippen molar-refractivity contribution in [3.05, 3.63) is 0 Å². The number of hydrogen-bond acceptors (Lipinski definition) is 3. The van der Waals surface area contributed by atoms with E-state index in [1.165, 1.54) is 32.1 Å². The summed E-state index contributed by atoms with van der Waals surface area (Å²) in [7, 11) is 2.01. The van der Waals surface area contributed by atoms with Gasteiger partial charge < -0.3 is 10.1 Å². The molecule has 1 N–H and O–H groups in total. The van der Waals surface area contributed by atoms with Crippen molar-refractivity contribution in [1.82, 2.24) is 10.2 Å². The fourth-order valence-electron chi connectivity index (χ4n) is 3.94. The van der Waals surface area contributed by atoms with Crippen LogP contribution >= 0.6 is 0 Å². The second kappa shape index (κ2) is 7.24. The Morgan fingerprint density at radius 1 is 1.20 bits per heavy atom. The molecule has 1 unspecified atom stereocenters. The van der Waals surface area contributed by atoms with E-state index in [1.54, 1.807) is 0 Å². The summed E-state index contributed by atoms with van der Waals surface area (Å²) in [6.45, 7) is 11.4. The third kappa shape index (κ3) is 3.96. The Morgan fingerprint density at radius 3 is 2.50 bits per heavy atom. The first kappa shape index (κ1) is 16.3. The maximum atomic E-state index is 5.83. The minimum absolute atomic E-state index is 0.388. The molecule has 0 radical (unpaired) electrons. The monoisotopic (exact) mass is 282 g/mol. The number of hydrogen-bond donors (Lipinski definition) is 1. The SMILES string of the molecule is CCC(C)(C)C1CCC(N2CCOC(CNC)C2)CC1. The standard InChI is InChI=1S/C17H34N2O/c1-5-17(2,3)14-6-8-15(9-7-14)19-10-11-20-16(13-19)12-18-4/h14-16,18H,5-13H2,1-4H3. The van der Waals surface area contributed by atoms with Crippen molar-refractivity contribution < 1.29 is 4.74 Å². The number of nitrogens with one attached hydrogen (secondary N) is 1. The molecule has 3 nitrogen and oxygen atoms in total. The number of likely N-dealkylation sites (N-methyl/N-ethyl adjacent to an activating group) is 1. The smallest absolute Gasteiger partial charge is 0.0826 e. The van der Waals surface area contributed by atoms with Gasteiger partial charge in [-0.2, -0.15) is 0 Å². The van der Waals surface area contributed by atoms with Gasteiger partial charge in [-0.1, -0.05) is 27.2 Å². The van der Waals surface area contributed by atoms with Crippen molar-refractivity contribution in [2.24, 2.45) is 11.3 Å². The number of nitrogens with zero attached hydrogens (tertiary/aromatic N) is 1. The molecule has 1 aliphatic carbocycles. The van der Waals surface area contributed by atoms with Crippen molar-refractivity contribution in [2.75, 3.05) is 33.3 Å². The average Bonchev–Trinajstić information content (AvgIpc) is 2.48. The van der Waals surface area contributed by atoms with Crippen molar-refractivity contribution in [3.8, 4) is 0 Å². The van der Waals surface area contributed by atoms with Gasteiger partial charge in [-0.3, -0.25) is 4.90 Å². The third-order valence-electron chi connectivity index (χ3n) is 5.83. The highest BCUT2D eigenvalue weighted by Crippen LogP contribution is 2.41. The van der Waals surface area contributed by atoms with Gasteiger partial charge in [0, 0.05) is 25.7 Å². The molecule has 0 spiro atoms. The molecule has 2 rings (SSSR count). The van der Waals surface area contributed by atoms with E-state index in [1.807, 2.05) is 7.05 Å². The minimum Gasteiger partial charge on any atom is -0.374 e. The second-order valence-electron chi connectivity index (χ2n) is 7.39. The molecule has 0 aromatic heterocycles. The molecule has 2 fully saturated rings. The van der Waals surface area contributed by atoms with Crippen LogP contribution in [0, 0.1) is 11.3 Å². The van der Waals surface area contributed by atoms with Gasteiger partial charge in [0.1, 0.15) is 0 Å². The Kier molecular flexibility index (Phi) is 5.88. The summed E-state index contributed by atoms with van der Waals surface area (Å²) in [5, 5.41) is 3.24. The van der Waals surface area contributed by atoms with Crippen LogP contribution < -0.4 is 5.32 Å². The maximum Gasteiger partial charge on any atom is 0.0826 e. The van der Waals surface area contributed by atoms with E-state index in [0.29, 0.717) is 11.5 Å². The quantitative estimate of drug-likeness (QED) is 0.839. The summed E-state index contributed by atoms with van der Waals surface area (Å²) < 4.78 is 5.83. The zero-order valence-corrected chi connectivity index (χ0v) is 14.0. The Morgan fingerprint density at radius 2 is 1.90 bits per heavy atom. The average molecular weight is 282 g/mol. The highest BCUT2D eigenvalue weighted by molar-refractivity contribution is 4.87. The summed E-state index contributed by atoms with van der Waals surface area (Å²) >= 11 is 0. The van der Waals surface area contributed by atoms with Gasteiger partial charge in [-0.25, -0.2) is 0 Å². The molecular weight excluding hydrogens is 248 g/mol. The number of ether oxygens (including phenoxy) is 1. The molecular formula is C17H34N2O. The summed E-state index contributed by atoms with van der Waals surface area (Å²) in [6, 6.07) is 0.808. The molecule has 0 amide bonds. The molecule has 1 saturated heterocycles. The first-order valence-corrected chi connectivity index (χ1v) is 8.57. The Balaban J connectivity index is 1.81. The lowest BCUT2D eigenvalue weighted by molar-refractivity contribution is -0.0510. The molecule has 0 aromatic rings. The van der Waals surface area contributed by atoms with Crippen LogP contribution in [0.4, 0.5) is 0 Å². The molecule has 3 heteroatoms. The van der Waals surface area contributed by atoms with Crippen LogP contribution in [0.5, 0.6) is 0 Å². The molecule has 0 bridgehead atoms. The lowest BCUT2D eigenvalue weighted by Gasteiger charge is -2.44. The van der Waals surface area contributed by atoms with Gasteiger partial charge in [0.25, 0.3) is 0 Å². The van der Waals surface area contributed by atoms with E-state index in [2.05, 4.69) is 31.0 Å². The van der Waals surface area contributed by atoms with Crippen LogP contribution in [0.3, 0.4) is 0 Å². The fraction of sp³-hybridized carbons (Fsp3) is 1.00. The zero-order valence-electron chi connectivity index (χ0n) is 14.0. The third-order valence-corrected chi connectivity index (χ3v) is 5.83. The molecule has 2 aliphatic rings. The van der Waals surface area contributed by atoms with Crippen LogP contribution in [-0.2, 0) is 4.74 Å². The van der Waals surface area contributed by atoms with Gasteiger partial charge in [-0.15, -0.1) is 0 Å². The fourth-order valence-corrected chi connectivity index (χ4v) is 3.94. The number of morpholine rings is 1. The van der Waals surface area contributed by atoms with Gasteiger partial charge in [-0.05, 0) is 44.1 Å². The van der Waals surface area contributed by atoms with Crippen LogP contribution in [0.25, 0.3) is 0 Å². The molecule has 0 aromatic carbocycles. The van der Waals surface area contributed by atoms with E-state index in [-0.39, 0.29) is 0 Å². The lowest BCUT2D eigenvalue weighted by Crippen LogP contribution is -2.51. The lowest BCUT2D eigenvalue weighted by atomic mass is 9.68. The Bertz CT molecular complexity index is 283. The number of rotatable bonds is 5. The van der Waals surface area contributed by atoms with E-state index >= 15 is 0 Å². The first-order valence-electron chi connectivity index (χ1n) is 8.57. The van der Waals surface area contributed by atoms with Gasteiger partial charge in [0.2, 0.25) is 0 Å². The second-order valence-corrected chi connectivity index (χ2v) is 7.39. The van der Waals surface area contributed by atoms with Crippen molar-refractivity contribution in [2.45, 2.75) is 65.0 Å². The Labute approximate surface area is 125 Å². The molecule has 1 saturated carbocycles. The molecule has 1 atom stereocenters. The highest BCUT2D eigenvalue weighted by Gasteiger charge is 2.34. The molecule has 20 heavy (non-hydrogen) atoms. The van der Waals surface area contributed by atoms with Crippen LogP contribution in [0.1, 0.15) is 52.9 Å². The Hall–Kier alpha value is -0.120. The van der Waals surface area contributed by atoms with E-state index in [9.17, 15) is 0 Å². The zero-order chi connectivity index (χ0) is 14.6. The molecule has 1 heterocycles. The van der Waals surface area contributed by atoms with Gasteiger partial charge >= 0.3 is 0 Å². The van der Waals surface area contributed by atoms with Gasteiger partial charge in [0.05, 0.1) is 12.7 Å². The van der Waals surface area contributed by atoms with Crippen molar-refractivity contribution in [1.29, 1.82) is 0 Å². The minimum atomic E-state index is 0.388. The summed E-state index contributed by atoms with van der Waals surface area (Å²) in [5.74, 6) is 0.929. The van der Waals surface area contributed by atoms with Crippen LogP contribution in [-0.4, -0.2) is 50.3 Å². The van der Waals surface area contributed by atoms with Crippen molar-refractivity contribution in [3.63, 3.8) is 0 Å². The first-order chi connectivity index (χ1) is 9.56. The molecule has 1 aliphatic heterocycles. The molecule has 118 valence electrons. The topological polar surface area (TPSA) is 24.5 Å². The van der Waals surface area contributed by atoms with E-state index < -0.39 is 0 Å². The van der Waals surface area contributed by atoms with Gasteiger partial charge in [0.15, 0.2) is 0 Å². The van der Waals surface area contributed by atoms with Crippen LogP contribution in [0.2, 0.25) is 0 Å². The van der Waals surface area contributed by atoms with E-state index in [0.717, 1.165) is 38.2 Å². The largest absolute Gasteiger partial charge is 0.374 e. The highest BCUT2D eigenvalue weighted by atomic mass is 16.5. The maximum absolute atomic E-state index is 5.83.